The van der Waals surface area contributed by atoms with Gasteiger partial charge >= 0.3 is 0 Å². The summed E-state index contributed by atoms with van der Waals surface area (Å²) >= 11 is 0. The molecule has 10 nitrogen and oxygen atoms in total. The van der Waals surface area contributed by atoms with Crippen molar-refractivity contribution in [3.8, 4) is 11.3 Å². The summed E-state index contributed by atoms with van der Waals surface area (Å²) < 4.78 is 15.5. The number of carbonyl (C=O) groups is 3. The monoisotopic (exact) mass is 685 g/mol. The summed E-state index contributed by atoms with van der Waals surface area (Å²) in [5.74, 6) is -0.720. The van der Waals surface area contributed by atoms with Crippen molar-refractivity contribution in [2.75, 3.05) is 36.0 Å². The van der Waals surface area contributed by atoms with Crippen molar-refractivity contribution in [1.29, 1.82) is 0 Å². The van der Waals surface area contributed by atoms with Crippen molar-refractivity contribution in [3.63, 3.8) is 0 Å². The number of imide groups is 1. The van der Waals surface area contributed by atoms with Crippen LogP contribution in [0.5, 0.6) is 0 Å². The van der Waals surface area contributed by atoms with Gasteiger partial charge in [0.1, 0.15) is 23.8 Å². The fourth-order valence-electron chi connectivity index (χ4n) is 8.62. The Bertz CT molecular complexity index is 2290. The van der Waals surface area contributed by atoms with E-state index in [1.54, 1.807) is 11.0 Å². The quantitative estimate of drug-likeness (QED) is 0.216. The number of fused-ring (bicyclic) bond motifs is 5. The molecule has 1 unspecified atom stereocenters. The van der Waals surface area contributed by atoms with Crippen LogP contribution in [0.4, 0.5) is 15.8 Å². The summed E-state index contributed by atoms with van der Waals surface area (Å²) in [7, 11) is 0. The van der Waals surface area contributed by atoms with Crippen LogP contribution in [-0.4, -0.2) is 69.8 Å². The lowest BCUT2D eigenvalue weighted by molar-refractivity contribution is -0.135. The van der Waals surface area contributed by atoms with E-state index < -0.39 is 11.5 Å². The number of benzene rings is 3. The maximum atomic E-state index is 15.5. The molecule has 0 bridgehead atoms. The number of halogens is 1. The third-order valence-corrected chi connectivity index (χ3v) is 11.5. The number of hydrogen-bond acceptors (Lipinski definition) is 7. The van der Waals surface area contributed by atoms with Crippen molar-refractivity contribution < 1.29 is 18.8 Å². The Morgan fingerprint density at radius 3 is 2.53 bits per heavy atom. The first-order chi connectivity index (χ1) is 24.6. The molecule has 5 aromatic rings. The van der Waals surface area contributed by atoms with Crippen molar-refractivity contribution in [3.05, 3.63) is 82.9 Å². The standard InChI is InChI=1S/C40H40FN7O3/c1-22(2)27-19-30(41)28(16-23(27)3)36-35-26-6-5-25(18-31(26)44-37(35)43-21-42-36)47-14-12-46(13-15-47)20-24-4-7-29-33(17-24)48(39(51)40(29)10-11-40)32-8-9-34(49)45-38(32)50/h4-7,16-19,21-22,32H,8-15,20H2,1-3H3,(H,42,43,44)(H,45,49,50). The second kappa shape index (κ2) is 11.7. The minimum absolute atomic E-state index is 0.00415. The molecule has 3 amide bonds. The molecule has 260 valence electrons. The van der Waals surface area contributed by atoms with E-state index in [0.717, 1.165) is 95.5 Å². The van der Waals surface area contributed by atoms with E-state index in [2.05, 4.69) is 80.3 Å². The number of piperazine rings is 1. The van der Waals surface area contributed by atoms with Gasteiger partial charge < -0.3 is 9.88 Å². The zero-order chi connectivity index (χ0) is 35.2. The number of H-pyrrole nitrogens is 1. The second-order valence-corrected chi connectivity index (χ2v) is 15.0. The Balaban J connectivity index is 0.926. The first kappa shape index (κ1) is 31.8. The van der Waals surface area contributed by atoms with Gasteiger partial charge in [-0.25, -0.2) is 14.4 Å². The molecule has 2 saturated heterocycles. The Labute approximate surface area is 295 Å². The van der Waals surface area contributed by atoms with E-state index in [-0.39, 0.29) is 35.9 Å². The van der Waals surface area contributed by atoms with Gasteiger partial charge in [-0.3, -0.25) is 29.5 Å². The number of hydrogen-bond donors (Lipinski definition) is 2. The molecule has 4 aliphatic rings. The summed E-state index contributed by atoms with van der Waals surface area (Å²) in [5, 5.41) is 4.21. The topological polar surface area (TPSA) is 115 Å². The van der Waals surface area contributed by atoms with Crippen LogP contribution in [0.25, 0.3) is 33.2 Å². The highest BCUT2D eigenvalue weighted by Crippen LogP contribution is 2.58. The van der Waals surface area contributed by atoms with Gasteiger partial charge in [-0.2, -0.15) is 0 Å². The Kier molecular flexibility index (Phi) is 7.29. The predicted molar refractivity (Wildman–Crippen MR) is 194 cm³/mol. The summed E-state index contributed by atoms with van der Waals surface area (Å²) in [6.07, 6.45) is 3.68. The minimum Gasteiger partial charge on any atom is -0.369 e. The molecule has 9 rings (SSSR count). The van der Waals surface area contributed by atoms with Gasteiger partial charge in [0.05, 0.1) is 16.5 Å². The van der Waals surface area contributed by atoms with E-state index >= 15 is 4.39 Å². The van der Waals surface area contributed by atoms with Gasteiger partial charge in [0.15, 0.2) is 0 Å². The van der Waals surface area contributed by atoms with Crippen molar-refractivity contribution >= 4 is 51.0 Å². The van der Waals surface area contributed by atoms with Crippen LogP contribution >= 0.6 is 0 Å². The number of piperidine rings is 1. The summed E-state index contributed by atoms with van der Waals surface area (Å²) in [4.78, 5) is 57.3. The number of amides is 3. The van der Waals surface area contributed by atoms with Crippen LogP contribution in [0.3, 0.4) is 0 Å². The maximum absolute atomic E-state index is 15.5. The largest absolute Gasteiger partial charge is 0.369 e. The summed E-state index contributed by atoms with van der Waals surface area (Å²) in [6.45, 7) is 10.3. The van der Waals surface area contributed by atoms with E-state index in [1.165, 1.54) is 6.33 Å². The van der Waals surface area contributed by atoms with Crippen LogP contribution in [0.1, 0.15) is 67.7 Å². The van der Waals surface area contributed by atoms with Crippen molar-refractivity contribution in [2.24, 2.45) is 0 Å². The zero-order valence-corrected chi connectivity index (χ0v) is 29.1. The van der Waals surface area contributed by atoms with E-state index in [1.807, 2.05) is 13.0 Å². The molecule has 3 aromatic carbocycles. The number of rotatable bonds is 6. The Morgan fingerprint density at radius 2 is 1.78 bits per heavy atom. The number of aromatic amines is 1. The van der Waals surface area contributed by atoms with Gasteiger partial charge in [0.25, 0.3) is 0 Å². The van der Waals surface area contributed by atoms with Crippen LogP contribution in [0, 0.1) is 12.7 Å². The number of aromatic nitrogens is 3. The van der Waals surface area contributed by atoms with Gasteiger partial charge in [0.2, 0.25) is 17.7 Å². The average molecular weight is 686 g/mol. The number of carbonyl (C=O) groups excluding carboxylic acids is 3. The van der Waals surface area contributed by atoms with Gasteiger partial charge in [0, 0.05) is 67.0 Å². The number of nitrogens with one attached hydrogen (secondary N) is 2. The lowest BCUT2D eigenvalue weighted by Gasteiger charge is -2.36. The van der Waals surface area contributed by atoms with Gasteiger partial charge in [-0.1, -0.05) is 32.0 Å². The van der Waals surface area contributed by atoms with Crippen LogP contribution in [0.15, 0.2) is 54.9 Å². The zero-order valence-electron chi connectivity index (χ0n) is 29.1. The Hall–Kier alpha value is -5.16. The molecule has 1 aliphatic carbocycles. The van der Waals surface area contributed by atoms with Crippen LogP contribution in [0.2, 0.25) is 0 Å². The molecule has 51 heavy (non-hydrogen) atoms. The fraction of sp³-hybridized carbons (Fsp3) is 0.375. The Morgan fingerprint density at radius 1 is 0.980 bits per heavy atom. The molecule has 3 fully saturated rings. The van der Waals surface area contributed by atoms with Gasteiger partial charge in [-0.05, 0) is 84.7 Å². The minimum atomic E-state index is -0.650. The maximum Gasteiger partial charge on any atom is 0.249 e. The highest BCUT2D eigenvalue weighted by Gasteiger charge is 2.61. The molecular weight excluding hydrogens is 645 g/mol. The molecule has 1 spiro atoms. The number of aryl methyl sites for hydroxylation is 1. The second-order valence-electron chi connectivity index (χ2n) is 15.0. The SMILES string of the molecule is Cc1cc(-c2ncnc3[nH]c4cc(N5CCN(Cc6ccc7c(c6)N(C6CCC(=O)NC6=O)C(=O)C76CC6)CC5)ccc4c23)c(F)cc1C(C)C. The number of nitrogens with zero attached hydrogens (tertiary/aromatic N) is 5. The third kappa shape index (κ3) is 5.12. The number of anilines is 2. The van der Waals surface area contributed by atoms with Crippen molar-refractivity contribution in [2.45, 2.75) is 70.4 Å². The predicted octanol–water partition coefficient (Wildman–Crippen LogP) is 5.85. The fourth-order valence-corrected chi connectivity index (χ4v) is 8.62. The highest BCUT2D eigenvalue weighted by molar-refractivity contribution is 6.15. The lowest BCUT2D eigenvalue weighted by Crippen LogP contribution is -2.54. The van der Waals surface area contributed by atoms with Crippen LogP contribution in [-0.2, 0) is 26.3 Å². The summed E-state index contributed by atoms with van der Waals surface area (Å²) in [5.41, 5.74) is 8.28. The molecule has 11 heteroatoms. The first-order valence-electron chi connectivity index (χ1n) is 18.0. The molecule has 5 heterocycles. The normalized spacial score (nSPS) is 20.3. The smallest absolute Gasteiger partial charge is 0.249 e. The first-order valence-corrected chi connectivity index (χ1v) is 18.0. The lowest BCUT2D eigenvalue weighted by atomic mass is 9.94. The molecule has 2 N–H and O–H groups in total. The molecule has 1 saturated carbocycles. The van der Waals surface area contributed by atoms with E-state index in [0.29, 0.717) is 23.3 Å². The molecule has 0 radical (unpaired) electrons. The molecule has 2 aromatic heterocycles. The molecular formula is C40H40FN7O3. The average Bonchev–Trinajstić information content (AvgIpc) is 3.78. The van der Waals surface area contributed by atoms with Crippen molar-refractivity contribution in [1.82, 2.24) is 25.2 Å². The highest BCUT2D eigenvalue weighted by atomic mass is 19.1. The van der Waals surface area contributed by atoms with Gasteiger partial charge in [-0.15, -0.1) is 0 Å². The molecule has 3 aliphatic heterocycles. The molecule has 1 atom stereocenters. The van der Waals surface area contributed by atoms with E-state index in [9.17, 15) is 14.4 Å². The summed E-state index contributed by atoms with van der Waals surface area (Å²) in [6, 6.07) is 15.5. The van der Waals surface area contributed by atoms with Crippen LogP contribution < -0.4 is 15.1 Å². The third-order valence-electron chi connectivity index (χ3n) is 11.5. The van der Waals surface area contributed by atoms with E-state index in [4.69, 9.17) is 0 Å².